The number of carbonyl (C=O) groups excluding carboxylic acids is 3. The highest BCUT2D eigenvalue weighted by Crippen LogP contribution is 2.27. The Hall–Kier alpha value is -4.51. The average Bonchev–Trinajstić information content (AvgIpc) is 3.34. The zero-order chi connectivity index (χ0) is 27.7. The van der Waals surface area contributed by atoms with Crippen LogP contribution in [0.15, 0.2) is 83.5 Å². The number of rotatable bonds is 9. The van der Waals surface area contributed by atoms with Crippen molar-refractivity contribution in [1.29, 1.82) is 0 Å². The average molecular weight is 538 g/mol. The maximum atomic E-state index is 12.8. The SMILES string of the molecule is C=C(O/N=C(\C(=O)OC)c1csc(NC(=O)OC(C)(C)C)n1)C(=O)OC(c1ccccc1)c1ccccc1. The Kier molecular flexibility index (Phi) is 9.33. The molecule has 38 heavy (non-hydrogen) atoms. The molecule has 11 heteroatoms. The van der Waals surface area contributed by atoms with Crippen LogP contribution in [0.25, 0.3) is 0 Å². The van der Waals surface area contributed by atoms with E-state index in [1.54, 1.807) is 20.8 Å². The fourth-order valence-corrected chi connectivity index (χ4v) is 3.69. The minimum absolute atomic E-state index is 0.0422. The molecule has 1 amide bonds. The lowest BCUT2D eigenvalue weighted by Crippen LogP contribution is -2.27. The van der Waals surface area contributed by atoms with Crippen LogP contribution in [0.2, 0.25) is 0 Å². The summed E-state index contributed by atoms with van der Waals surface area (Å²) in [6.07, 6.45) is -1.44. The second kappa shape index (κ2) is 12.6. The number of oxime groups is 1. The highest BCUT2D eigenvalue weighted by molar-refractivity contribution is 7.14. The first-order valence-electron chi connectivity index (χ1n) is 11.4. The Bertz CT molecular complexity index is 1280. The van der Waals surface area contributed by atoms with E-state index in [0.29, 0.717) is 0 Å². The number of hydrogen-bond donors (Lipinski definition) is 1. The highest BCUT2D eigenvalue weighted by Gasteiger charge is 2.24. The number of esters is 2. The van der Waals surface area contributed by atoms with E-state index in [0.717, 1.165) is 29.6 Å². The molecule has 2 aromatic carbocycles. The van der Waals surface area contributed by atoms with Gasteiger partial charge < -0.3 is 19.0 Å². The molecule has 1 aromatic heterocycles. The molecule has 0 atom stereocenters. The predicted molar refractivity (Wildman–Crippen MR) is 142 cm³/mol. The second-order valence-electron chi connectivity index (χ2n) is 8.72. The number of amides is 1. The molecule has 0 spiro atoms. The lowest BCUT2D eigenvalue weighted by molar-refractivity contribution is -0.147. The largest absolute Gasteiger partial charge is 0.464 e. The van der Waals surface area contributed by atoms with E-state index in [1.165, 1.54) is 5.38 Å². The first-order valence-corrected chi connectivity index (χ1v) is 12.2. The molecule has 0 unspecified atom stereocenters. The van der Waals surface area contributed by atoms with Gasteiger partial charge in [-0.1, -0.05) is 65.8 Å². The summed E-state index contributed by atoms with van der Waals surface area (Å²) in [6, 6.07) is 18.3. The second-order valence-corrected chi connectivity index (χ2v) is 9.58. The Balaban J connectivity index is 1.74. The number of hydrogen-bond acceptors (Lipinski definition) is 10. The minimum Gasteiger partial charge on any atom is -0.464 e. The molecule has 0 bridgehead atoms. The van der Waals surface area contributed by atoms with Gasteiger partial charge in [0.05, 0.1) is 7.11 Å². The third-order valence-electron chi connectivity index (χ3n) is 4.64. The Morgan fingerprint density at radius 1 is 0.974 bits per heavy atom. The van der Waals surface area contributed by atoms with Gasteiger partial charge in [-0.15, -0.1) is 11.3 Å². The molecule has 198 valence electrons. The molecule has 0 aliphatic carbocycles. The topological polar surface area (TPSA) is 125 Å². The molecule has 1 heterocycles. The van der Waals surface area contributed by atoms with Gasteiger partial charge in [0, 0.05) is 5.38 Å². The van der Waals surface area contributed by atoms with E-state index in [4.69, 9.17) is 19.0 Å². The van der Waals surface area contributed by atoms with Gasteiger partial charge >= 0.3 is 18.0 Å². The van der Waals surface area contributed by atoms with Gasteiger partial charge in [-0.2, -0.15) is 0 Å². The smallest absolute Gasteiger partial charge is 0.413 e. The van der Waals surface area contributed by atoms with Crippen LogP contribution in [0, 0.1) is 0 Å². The zero-order valence-electron chi connectivity index (χ0n) is 21.3. The number of ether oxygens (including phenoxy) is 3. The van der Waals surface area contributed by atoms with Crippen LogP contribution in [0.3, 0.4) is 0 Å². The minimum atomic E-state index is -0.888. The van der Waals surface area contributed by atoms with Crippen molar-refractivity contribution in [2.75, 3.05) is 12.4 Å². The standard InChI is InChI=1S/C27H27N3O7S/c1-17(23(31)35-22(18-12-8-6-9-13-18)19-14-10-7-11-15-19)37-30-21(24(32)34-5)20-16-38-25(28-20)29-26(33)36-27(2,3)4/h6-16,22H,1H2,2-5H3,(H,28,29,33)/b30-21-. The van der Waals surface area contributed by atoms with Gasteiger partial charge in [-0.3, -0.25) is 5.32 Å². The number of aromatic nitrogens is 1. The van der Waals surface area contributed by atoms with Crippen molar-refractivity contribution in [2.24, 2.45) is 5.16 Å². The van der Waals surface area contributed by atoms with Crippen LogP contribution < -0.4 is 5.32 Å². The van der Waals surface area contributed by atoms with E-state index < -0.39 is 35.5 Å². The van der Waals surface area contributed by atoms with Crippen LogP contribution >= 0.6 is 11.3 Å². The summed E-state index contributed by atoms with van der Waals surface area (Å²) in [4.78, 5) is 46.5. The Morgan fingerprint density at radius 3 is 2.08 bits per heavy atom. The molecule has 0 radical (unpaired) electrons. The lowest BCUT2D eigenvalue weighted by atomic mass is 10.0. The summed E-state index contributed by atoms with van der Waals surface area (Å²) >= 11 is 1.02. The van der Waals surface area contributed by atoms with Gasteiger partial charge in [-0.25, -0.2) is 19.4 Å². The maximum absolute atomic E-state index is 12.8. The first-order chi connectivity index (χ1) is 18.1. The van der Waals surface area contributed by atoms with Gasteiger partial charge in [0.15, 0.2) is 11.2 Å². The van der Waals surface area contributed by atoms with Crippen LogP contribution in [0.1, 0.15) is 43.7 Å². The number of nitrogens with one attached hydrogen (secondary N) is 1. The molecular weight excluding hydrogens is 510 g/mol. The Labute approximate surface area is 223 Å². The normalized spacial score (nSPS) is 11.4. The van der Waals surface area contributed by atoms with Gasteiger partial charge in [0.25, 0.3) is 0 Å². The molecule has 0 saturated heterocycles. The number of nitrogens with zero attached hydrogens (tertiary/aromatic N) is 2. The molecule has 10 nitrogen and oxygen atoms in total. The number of thiazole rings is 1. The lowest BCUT2D eigenvalue weighted by Gasteiger charge is -2.19. The monoisotopic (exact) mass is 537 g/mol. The summed E-state index contributed by atoms with van der Waals surface area (Å²) in [5.74, 6) is -2.24. The molecule has 0 saturated carbocycles. The quantitative estimate of drug-likeness (QED) is 0.0982. The van der Waals surface area contributed by atoms with Gasteiger partial charge in [0.1, 0.15) is 11.3 Å². The van der Waals surface area contributed by atoms with E-state index >= 15 is 0 Å². The third kappa shape index (κ3) is 8.00. The van der Waals surface area contributed by atoms with Crippen molar-refractivity contribution in [3.63, 3.8) is 0 Å². The van der Waals surface area contributed by atoms with Crippen molar-refractivity contribution in [3.8, 4) is 0 Å². The molecule has 1 N–H and O–H groups in total. The van der Waals surface area contributed by atoms with E-state index in [1.807, 2.05) is 60.7 Å². The molecule has 3 aromatic rings. The summed E-state index contributed by atoms with van der Waals surface area (Å²) in [5, 5.41) is 7.81. The van der Waals surface area contributed by atoms with E-state index in [9.17, 15) is 14.4 Å². The molecule has 0 fully saturated rings. The molecule has 0 aliphatic heterocycles. The summed E-state index contributed by atoms with van der Waals surface area (Å²) < 4.78 is 15.6. The summed E-state index contributed by atoms with van der Waals surface area (Å²) in [6.45, 7) is 8.74. The highest BCUT2D eigenvalue weighted by atomic mass is 32.1. The predicted octanol–water partition coefficient (Wildman–Crippen LogP) is 5.23. The third-order valence-corrected chi connectivity index (χ3v) is 5.40. The van der Waals surface area contributed by atoms with Crippen molar-refractivity contribution in [2.45, 2.75) is 32.5 Å². The zero-order valence-corrected chi connectivity index (χ0v) is 22.1. The van der Waals surface area contributed by atoms with Crippen LogP contribution in [0.4, 0.5) is 9.93 Å². The fourth-order valence-electron chi connectivity index (χ4n) is 3.01. The van der Waals surface area contributed by atoms with Crippen molar-refractivity contribution in [1.82, 2.24) is 4.98 Å². The van der Waals surface area contributed by atoms with Crippen LogP contribution in [-0.4, -0.2) is 41.4 Å². The van der Waals surface area contributed by atoms with Crippen molar-refractivity contribution < 1.29 is 33.4 Å². The first kappa shape index (κ1) is 28.1. The number of anilines is 1. The van der Waals surface area contributed by atoms with Crippen LogP contribution in [0.5, 0.6) is 0 Å². The number of benzene rings is 2. The molecule has 3 rings (SSSR count). The maximum Gasteiger partial charge on any atom is 0.413 e. The molecular formula is C27H27N3O7S. The summed E-state index contributed by atoms with van der Waals surface area (Å²) in [7, 11) is 1.15. The van der Waals surface area contributed by atoms with Crippen molar-refractivity contribution in [3.05, 3.63) is 95.2 Å². The number of methoxy groups -OCH3 is 1. The Morgan fingerprint density at radius 2 is 1.55 bits per heavy atom. The fraction of sp³-hybridized carbons (Fsp3) is 0.222. The van der Waals surface area contributed by atoms with Crippen LogP contribution in [-0.2, 0) is 28.6 Å². The van der Waals surface area contributed by atoms with E-state index in [2.05, 4.69) is 22.0 Å². The number of carbonyl (C=O) groups is 3. The summed E-state index contributed by atoms with van der Waals surface area (Å²) in [5.41, 5.74) is 0.473. The van der Waals surface area contributed by atoms with E-state index in [-0.39, 0.29) is 16.5 Å². The molecule has 0 aliphatic rings. The van der Waals surface area contributed by atoms with Gasteiger partial charge in [-0.05, 0) is 38.5 Å². The van der Waals surface area contributed by atoms with Crippen molar-refractivity contribution >= 4 is 40.2 Å². The van der Waals surface area contributed by atoms with Gasteiger partial charge in [0.2, 0.25) is 11.5 Å².